The van der Waals surface area contributed by atoms with E-state index in [9.17, 15) is 9.18 Å². The highest BCUT2D eigenvalue weighted by Gasteiger charge is 2.16. The van der Waals surface area contributed by atoms with Crippen LogP contribution < -0.4 is 5.32 Å². The van der Waals surface area contributed by atoms with Crippen LogP contribution in [0.5, 0.6) is 0 Å². The predicted octanol–water partition coefficient (Wildman–Crippen LogP) is 3.42. The average molecular weight is 405 g/mol. The Labute approximate surface area is 174 Å². The first-order chi connectivity index (χ1) is 14.4. The van der Waals surface area contributed by atoms with Gasteiger partial charge in [-0.1, -0.05) is 18.2 Å². The third-order valence-electron chi connectivity index (χ3n) is 5.39. The molecule has 154 valence electrons. The molecule has 0 aliphatic heterocycles. The molecule has 1 amide bonds. The number of amides is 1. The number of benzene rings is 2. The molecule has 0 atom stereocenters. The maximum absolute atomic E-state index is 13.4. The zero-order chi connectivity index (χ0) is 21.3. The lowest BCUT2D eigenvalue weighted by molar-refractivity contribution is -0.120. The molecule has 0 fully saturated rings. The Morgan fingerprint density at radius 3 is 2.67 bits per heavy atom. The Hall–Kier alpha value is -3.48. The van der Waals surface area contributed by atoms with Gasteiger partial charge in [0, 0.05) is 37.3 Å². The van der Waals surface area contributed by atoms with Gasteiger partial charge < -0.3 is 9.88 Å². The van der Waals surface area contributed by atoms with E-state index in [1.807, 2.05) is 60.5 Å². The minimum atomic E-state index is -0.303. The van der Waals surface area contributed by atoms with Crippen molar-refractivity contribution in [2.24, 2.45) is 7.05 Å². The fourth-order valence-electron chi connectivity index (χ4n) is 3.73. The number of hydrogen-bond acceptors (Lipinski definition) is 3. The number of rotatable bonds is 6. The van der Waals surface area contributed by atoms with Crippen LogP contribution in [0.4, 0.5) is 4.39 Å². The van der Waals surface area contributed by atoms with Crippen LogP contribution in [0.1, 0.15) is 22.8 Å². The monoisotopic (exact) mass is 405 g/mol. The minimum absolute atomic E-state index is 0.0568. The number of nitrogens with one attached hydrogen (secondary N) is 1. The lowest BCUT2D eigenvalue weighted by Crippen LogP contribution is -2.28. The highest BCUT2D eigenvalue weighted by atomic mass is 19.1. The van der Waals surface area contributed by atoms with Crippen LogP contribution in [0.15, 0.2) is 48.5 Å². The number of para-hydroxylation sites is 1. The van der Waals surface area contributed by atoms with Crippen molar-refractivity contribution >= 4 is 16.9 Å². The normalized spacial score (nSPS) is 11.2. The van der Waals surface area contributed by atoms with Crippen molar-refractivity contribution in [3.8, 4) is 5.69 Å². The van der Waals surface area contributed by atoms with Gasteiger partial charge in [-0.05, 0) is 38.1 Å². The van der Waals surface area contributed by atoms with Gasteiger partial charge in [0.05, 0.1) is 28.8 Å². The number of nitrogens with zero attached hydrogens (tertiary/aromatic N) is 4. The van der Waals surface area contributed by atoms with E-state index in [1.54, 1.807) is 6.07 Å². The van der Waals surface area contributed by atoms with Crippen LogP contribution in [0.2, 0.25) is 0 Å². The summed E-state index contributed by atoms with van der Waals surface area (Å²) in [5, 5.41) is 7.56. The molecule has 1 N–H and O–H groups in total. The van der Waals surface area contributed by atoms with Crippen molar-refractivity contribution in [3.63, 3.8) is 0 Å². The maximum Gasteiger partial charge on any atom is 0.224 e. The van der Waals surface area contributed by atoms with Gasteiger partial charge in [0.1, 0.15) is 11.6 Å². The first-order valence-corrected chi connectivity index (χ1v) is 9.92. The summed E-state index contributed by atoms with van der Waals surface area (Å²) in [5.74, 6) is 0.445. The van der Waals surface area contributed by atoms with E-state index in [0.29, 0.717) is 18.5 Å². The fourth-order valence-corrected chi connectivity index (χ4v) is 3.73. The SMILES string of the molecule is Cc1nn(-c2ccccc2)c(C)c1CC(=O)NCCc1nc2cc(F)ccc2n1C. The first kappa shape index (κ1) is 19.8. The van der Waals surface area contributed by atoms with Crippen LogP contribution in [-0.4, -0.2) is 31.8 Å². The molecule has 6 nitrogen and oxygen atoms in total. The number of aromatic nitrogens is 4. The van der Waals surface area contributed by atoms with Crippen molar-refractivity contribution in [1.29, 1.82) is 0 Å². The summed E-state index contributed by atoms with van der Waals surface area (Å²) in [5.41, 5.74) is 5.23. The van der Waals surface area contributed by atoms with Gasteiger partial charge >= 0.3 is 0 Å². The summed E-state index contributed by atoms with van der Waals surface area (Å²) in [6, 6.07) is 14.4. The number of aryl methyl sites for hydroxylation is 2. The second kappa shape index (κ2) is 8.10. The van der Waals surface area contributed by atoms with Gasteiger partial charge in [-0.25, -0.2) is 14.1 Å². The highest BCUT2D eigenvalue weighted by Crippen LogP contribution is 2.19. The van der Waals surface area contributed by atoms with Crippen molar-refractivity contribution in [2.75, 3.05) is 6.54 Å². The highest BCUT2D eigenvalue weighted by molar-refractivity contribution is 5.79. The first-order valence-electron chi connectivity index (χ1n) is 9.92. The standard InChI is InChI=1S/C23H24FN5O/c1-15-19(16(2)29(27-15)18-7-5-4-6-8-18)14-23(30)25-12-11-22-26-20-13-17(24)9-10-21(20)28(22)3/h4-10,13H,11-12,14H2,1-3H3,(H,25,30). The molecule has 0 bridgehead atoms. The molecule has 7 heteroatoms. The zero-order valence-corrected chi connectivity index (χ0v) is 17.3. The smallest absolute Gasteiger partial charge is 0.224 e. The second-order valence-corrected chi connectivity index (χ2v) is 7.39. The number of fused-ring (bicyclic) bond motifs is 1. The lowest BCUT2D eigenvalue weighted by atomic mass is 10.1. The summed E-state index contributed by atoms with van der Waals surface area (Å²) >= 11 is 0. The van der Waals surface area contributed by atoms with Crippen molar-refractivity contribution < 1.29 is 9.18 Å². The largest absolute Gasteiger partial charge is 0.355 e. The quantitative estimate of drug-likeness (QED) is 0.535. The molecule has 0 aliphatic rings. The van der Waals surface area contributed by atoms with E-state index < -0.39 is 0 Å². The topological polar surface area (TPSA) is 64.7 Å². The number of carbonyl (C=O) groups is 1. The van der Waals surface area contributed by atoms with Crippen LogP contribution in [0, 0.1) is 19.7 Å². The Balaban J connectivity index is 1.40. The van der Waals surface area contributed by atoms with Crippen molar-refractivity contribution in [1.82, 2.24) is 24.6 Å². The van der Waals surface area contributed by atoms with Gasteiger partial charge in [-0.15, -0.1) is 0 Å². The molecule has 30 heavy (non-hydrogen) atoms. The average Bonchev–Trinajstić information content (AvgIpc) is 3.19. The molecule has 2 aromatic carbocycles. The summed E-state index contributed by atoms with van der Waals surface area (Å²) in [6.07, 6.45) is 0.845. The molecule has 0 aliphatic carbocycles. The third kappa shape index (κ3) is 3.83. The van der Waals surface area contributed by atoms with E-state index in [2.05, 4.69) is 15.4 Å². The molecule has 4 rings (SSSR count). The molecule has 0 radical (unpaired) electrons. The second-order valence-electron chi connectivity index (χ2n) is 7.39. The molecule has 0 saturated carbocycles. The van der Waals surface area contributed by atoms with E-state index >= 15 is 0 Å². The summed E-state index contributed by atoms with van der Waals surface area (Å²) in [4.78, 5) is 17.0. The van der Waals surface area contributed by atoms with Gasteiger partial charge in [-0.3, -0.25) is 4.79 Å². The van der Waals surface area contributed by atoms with Crippen LogP contribution >= 0.6 is 0 Å². The molecule has 2 aromatic heterocycles. The Morgan fingerprint density at radius 1 is 1.13 bits per heavy atom. The molecule has 0 spiro atoms. The predicted molar refractivity (Wildman–Crippen MR) is 114 cm³/mol. The number of imidazole rings is 1. The molecule has 2 heterocycles. The summed E-state index contributed by atoms with van der Waals surface area (Å²) < 4.78 is 17.2. The van der Waals surface area contributed by atoms with E-state index in [0.717, 1.165) is 34.0 Å². The summed E-state index contributed by atoms with van der Waals surface area (Å²) in [7, 11) is 1.90. The van der Waals surface area contributed by atoms with E-state index in [4.69, 9.17) is 0 Å². The molecule has 0 saturated heterocycles. The van der Waals surface area contributed by atoms with E-state index in [1.165, 1.54) is 12.1 Å². The van der Waals surface area contributed by atoms with Crippen LogP contribution in [-0.2, 0) is 24.7 Å². The molecular weight excluding hydrogens is 381 g/mol. The Kier molecular flexibility index (Phi) is 5.35. The number of hydrogen-bond donors (Lipinski definition) is 1. The maximum atomic E-state index is 13.4. The number of carbonyl (C=O) groups excluding carboxylic acids is 1. The molecular formula is C23H24FN5O. The fraction of sp³-hybridized carbons (Fsp3) is 0.261. The van der Waals surface area contributed by atoms with Crippen molar-refractivity contribution in [2.45, 2.75) is 26.7 Å². The Morgan fingerprint density at radius 2 is 1.90 bits per heavy atom. The molecule has 0 unspecified atom stereocenters. The molecule has 4 aromatic rings. The van der Waals surface area contributed by atoms with Crippen LogP contribution in [0.25, 0.3) is 16.7 Å². The van der Waals surface area contributed by atoms with Gasteiger partial charge in [0.25, 0.3) is 0 Å². The van der Waals surface area contributed by atoms with Gasteiger partial charge in [0.2, 0.25) is 5.91 Å². The zero-order valence-electron chi connectivity index (χ0n) is 17.3. The van der Waals surface area contributed by atoms with Crippen molar-refractivity contribution in [3.05, 3.63) is 77.1 Å². The van der Waals surface area contributed by atoms with Gasteiger partial charge in [0.15, 0.2) is 0 Å². The third-order valence-corrected chi connectivity index (χ3v) is 5.39. The van der Waals surface area contributed by atoms with E-state index in [-0.39, 0.29) is 18.1 Å². The summed E-state index contributed by atoms with van der Waals surface area (Å²) in [6.45, 7) is 4.37. The Bertz CT molecular complexity index is 1210. The minimum Gasteiger partial charge on any atom is -0.355 e. The lowest BCUT2D eigenvalue weighted by Gasteiger charge is -2.07. The van der Waals surface area contributed by atoms with Gasteiger partial charge in [-0.2, -0.15) is 5.10 Å². The number of halogens is 1. The van der Waals surface area contributed by atoms with Crippen LogP contribution in [0.3, 0.4) is 0 Å².